The van der Waals surface area contributed by atoms with Gasteiger partial charge < -0.3 is 15.3 Å². The van der Waals surface area contributed by atoms with Crippen molar-refractivity contribution in [3.05, 3.63) is 0 Å². The van der Waals surface area contributed by atoms with Crippen molar-refractivity contribution in [2.24, 2.45) is 17.3 Å². The molecule has 1 aliphatic heterocycles. The molecule has 2 amide bonds. The maximum atomic E-state index is 12.2. The summed E-state index contributed by atoms with van der Waals surface area (Å²) in [6, 6.07) is -0.439. The third-order valence-electron chi connectivity index (χ3n) is 4.21. The van der Waals surface area contributed by atoms with Crippen LogP contribution in [0.15, 0.2) is 0 Å². The quantitative estimate of drug-likeness (QED) is 0.833. The zero-order valence-electron chi connectivity index (χ0n) is 13.3. The van der Waals surface area contributed by atoms with Crippen LogP contribution in [0.1, 0.15) is 47.5 Å². The molecule has 0 aromatic rings. The van der Waals surface area contributed by atoms with Gasteiger partial charge in [-0.1, -0.05) is 34.6 Å². The molecule has 1 heterocycles. The van der Waals surface area contributed by atoms with Crippen molar-refractivity contribution in [1.29, 1.82) is 0 Å². The molecule has 0 bridgehead atoms. The molecule has 5 heteroatoms. The summed E-state index contributed by atoms with van der Waals surface area (Å²) >= 11 is 0. The van der Waals surface area contributed by atoms with Crippen LogP contribution in [0.5, 0.6) is 0 Å². The highest BCUT2D eigenvalue weighted by Gasteiger charge is 2.34. The standard InChI is InChI=1S/C15H28N2O3/c1-10(2)12(8-13(18)19)16-14(20)17-7-6-11(9-17)15(3,4)5/h10-12H,6-9H2,1-5H3,(H,16,20)(H,18,19). The number of hydrogen-bond donors (Lipinski definition) is 2. The van der Waals surface area contributed by atoms with E-state index in [1.54, 1.807) is 0 Å². The number of aliphatic carboxylic acids is 1. The van der Waals surface area contributed by atoms with Gasteiger partial charge in [-0.3, -0.25) is 4.79 Å². The number of nitrogens with one attached hydrogen (secondary N) is 1. The second kappa shape index (κ2) is 6.46. The van der Waals surface area contributed by atoms with E-state index in [1.165, 1.54) is 0 Å². The number of carboxylic acids is 1. The molecular formula is C15H28N2O3. The predicted molar refractivity (Wildman–Crippen MR) is 78.5 cm³/mol. The van der Waals surface area contributed by atoms with Gasteiger partial charge in [0.15, 0.2) is 0 Å². The first-order valence-corrected chi connectivity index (χ1v) is 7.38. The van der Waals surface area contributed by atoms with Gasteiger partial charge in [0.2, 0.25) is 0 Å². The van der Waals surface area contributed by atoms with E-state index in [9.17, 15) is 9.59 Å². The highest BCUT2D eigenvalue weighted by Crippen LogP contribution is 2.33. The van der Waals surface area contributed by atoms with Crippen molar-refractivity contribution in [1.82, 2.24) is 10.2 Å². The zero-order valence-corrected chi connectivity index (χ0v) is 13.3. The van der Waals surface area contributed by atoms with Gasteiger partial charge in [0.05, 0.1) is 6.42 Å². The molecule has 1 fully saturated rings. The lowest BCUT2D eigenvalue weighted by Crippen LogP contribution is -2.47. The molecule has 20 heavy (non-hydrogen) atoms. The normalized spacial score (nSPS) is 21.1. The van der Waals surface area contributed by atoms with Crippen LogP contribution in [0.4, 0.5) is 4.79 Å². The van der Waals surface area contributed by atoms with Gasteiger partial charge >= 0.3 is 12.0 Å². The Morgan fingerprint density at radius 3 is 2.35 bits per heavy atom. The van der Waals surface area contributed by atoms with Gasteiger partial charge in [0, 0.05) is 19.1 Å². The lowest BCUT2D eigenvalue weighted by Gasteiger charge is -2.28. The van der Waals surface area contributed by atoms with E-state index in [0.717, 1.165) is 19.5 Å². The number of carboxylic acid groups (broad SMARTS) is 1. The number of carbonyl (C=O) groups is 2. The average Bonchev–Trinajstić information content (AvgIpc) is 2.75. The summed E-state index contributed by atoms with van der Waals surface area (Å²) in [6.45, 7) is 12.0. The van der Waals surface area contributed by atoms with Crippen LogP contribution in [-0.4, -0.2) is 41.1 Å². The summed E-state index contributed by atoms with van der Waals surface area (Å²) in [4.78, 5) is 24.9. The molecule has 0 saturated carbocycles. The SMILES string of the molecule is CC(C)C(CC(=O)O)NC(=O)N1CCC(C(C)(C)C)C1. The van der Waals surface area contributed by atoms with E-state index >= 15 is 0 Å². The fraction of sp³-hybridized carbons (Fsp3) is 0.867. The number of urea groups is 1. The minimum atomic E-state index is -0.877. The zero-order chi connectivity index (χ0) is 15.5. The van der Waals surface area contributed by atoms with E-state index in [4.69, 9.17) is 5.11 Å². The van der Waals surface area contributed by atoms with Crippen LogP contribution in [0.3, 0.4) is 0 Å². The van der Waals surface area contributed by atoms with Gasteiger partial charge in [0.25, 0.3) is 0 Å². The Morgan fingerprint density at radius 1 is 1.35 bits per heavy atom. The van der Waals surface area contributed by atoms with Crippen molar-refractivity contribution >= 4 is 12.0 Å². The van der Waals surface area contributed by atoms with E-state index in [1.807, 2.05) is 18.7 Å². The molecule has 2 unspecified atom stereocenters. The molecule has 116 valence electrons. The van der Waals surface area contributed by atoms with Crippen LogP contribution in [0.2, 0.25) is 0 Å². The largest absolute Gasteiger partial charge is 0.481 e. The molecule has 2 atom stereocenters. The monoisotopic (exact) mass is 284 g/mol. The Kier molecular flexibility index (Phi) is 5.42. The van der Waals surface area contributed by atoms with Crippen LogP contribution >= 0.6 is 0 Å². The third-order valence-corrected chi connectivity index (χ3v) is 4.21. The van der Waals surface area contributed by atoms with Crippen LogP contribution in [0.25, 0.3) is 0 Å². The first kappa shape index (κ1) is 16.8. The van der Waals surface area contributed by atoms with E-state index in [2.05, 4.69) is 26.1 Å². The number of likely N-dealkylation sites (tertiary alicyclic amines) is 1. The van der Waals surface area contributed by atoms with E-state index in [0.29, 0.717) is 5.92 Å². The fourth-order valence-electron chi connectivity index (χ4n) is 2.54. The second-order valence-corrected chi connectivity index (χ2v) is 7.20. The summed E-state index contributed by atoms with van der Waals surface area (Å²) < 4.78 is 0. The molecule has 1 aliphatic rings. The topological polar surface area (TPSA) is 69.6 Å². The summed E-state index contributed by atoms with van der Waals surface area (Å²) in [5.41, 5.74) is 0.202. The predicted octanol–water partition coefficient (Wildman–Crippen LogP) is 2.56. The Hall–Kier alpha value is -1.26. The number of amides is 2. The van der Waals surface area contributed by atoms with Crippen molar-refractivity contribution in [3.8, 4) is 0 Å². The van der Waals surface area contributed by atoms with Gasteiger partial charge in [0.1, 0.15) is 0 Å². The van der Waals surface area contributed by atoms with Crippen molar-refractivity contribution in [2.45, 2.75) is 53.5 Å². The van der Waals surface area contributed by atoms with E-state index < -0.39 is 5.97 Å². The minimum Gasteiger partial charge on any atom is -0.481 e. The second-order valence-electron chi connectivity index (χ2n) is 7.20. The van der Waals surface area contributed by atoms with Gasteiger partial charge in [-0.05, 0) is 23.7 Å². The number of hydrogen-bond acceptors (Lipinski definition) is 2. The van der Waals surface area contributed by atoms with Crippen LogP contribution in [-0.2, 0) is 4.79 Å². The Labute approximate surface area is 121 Å². The maximum Gasteiger partial charge on any atom is 0.317 e. The van der Waals surface area contributed by atoms with Crippen molar-refractivity contribution in [2.75, 3.05) is 13.1 Å². The molecule has 1 rings (SSSR count). The van der Waals surface area contributed by atoms with E-state index in [-0.39, 0.29) is 29.8 Å². The van der Waals surface area contributed by atoms with Crippen LogP contribution in [0, 0.1) is 17.3 Å². The molecule has 0 spiro atoms. The molecule has 0 aliphatic carbocycles. The van der Waals surface area contributed by atoms with Crippen molar-refractivity contribution < 1.29 is 14.7 Å². The maximum absolute atomic E-state index is 12.2. The molecule has 5 nitrogen and oxygen atoms in total. The molecular weight excluding hydrogens is 256 g/mol. The first-order chi connectivity index (χ1) is 9.11. The highest BCUT2D eigenvalue weighted by molar-refractivity contribution is 5.76. The smallest absolute Gasteiger partial charge is 0.317 e. The molecule has 2 N–H and O–H groups in total. The van der Waals surface area contributed by atoms with Crippen LogP contribution < -0.4 is 5.32 Å². The summed E-state index contributed by atoms with van der Waals surface area (Å²) in [5, 5.41) is 11.8. The Morgan fingerprint density at radius 2 is 1.95 bits per heavy atom. The molecule has 0 aromatic heterocycles. The summed E-state index contributed by atoms with van der Waals surface area (Å²) in [7, 11) is 0. The molecule has 1 saturated heterocycles. The van der Waals surface area contributed by atoms with Gasteiger partial charge in [-0.15, -0.1) is 0 Å². The van der Waals surface area contributed by atoms with Gasteiger partial charge in [-0.2, -0.15) is 0 Å². The number of rotatable bonds is 4. The van der Waals surface area contributed by atoms with Crippen molar-refractivity contribution in [3.63, 3.8) is 0 Å². The Balaban J connectivity index is 2.56. The summed E-state index contributed by atoms with van der Waals surface area (Å²) in [6.07, 6.45) is 0.988. The minimum absolute atomic E-state index is 0.0278. The number of carbonyl (C=O) groups excluding carboxylic acids is 1. The lowest BCUT2D eigenvalue weighted by atomic mass is 9.80. The molecule has 0 radical (unpaired) electrons. The highest BCUT2D eigenvalue weighted by atomic mass is 16.4. The first-order valence-electron chi connectivity index (χ1n) is 7.38. The third kappa shape index (κ3) is 4.69. The average molecular weight is 284 g/mol. The summed E-state index contributed by atoms with van der Waals surface area (Å²) in [5.74, 6) is -0.265. The fourth-order valence-corrected chi connectivity index (χ4v) is 2.54. The molecule has 0 aromatic carbocycles. The van der Waals surface area contributed by atoms with Gasteiger partial charge in [-0.25, -0.2) is 4.79 Å². The lowest BCUT2D eigenvalue weighted by molar-refractivity contribution is -0.137. The Bertz CT molecular complexity index is 361. The number of nitrogens with zero attached hydrogens (tertiary/aromatic N) is 1.